The summed E-state index contributed by atoms with van der Waals surface area (Å²) >= 11 is 0. The number of hydrogen-bond acceptors (Lipinski definition) is 1. The van der Waals surface area contributed by atoms with E-state index in [2.05, 4.69) is 23.2 Å². The Morgan fingerprint density at radius 1 is 1.25 bits per heavy atom. The zero-order valence-corrected chi connectivity index (χ0v) is 6.63. The van der Waals surface area contributed by atoms with Gasteiger partial charge >= 0.3 is 0 Å². The van der Waals surface area contributed by atoms with E-state index in [1.54, 1.807) is 0 Å². The monoisotopic (exact) mass is 159 g/mol. The maximum atomic E-state index is 5.55. The summed E-state index contributed by atoms with van der Waals surface area (Å²) < 4.78 is 5.55. The number of H-pyrrole nitrogens is 1. The maximum Gasteiger partial charge on any atom is 0.131 e. The van der Waals surface area contributed by atoms with Crippen molar-refractivity contribution in [3.05, 3.63) is 30.0 Å². The summed E-state index contributed by atoms with van der Waals surface area (Å²) in [7, 11) is 0. The van der Waals surface area contributed by atoms with Crippen molar-refractivity contribution in [2.45, 2.75) is 6.42 Å². The average Bonchev–Trinajstić information content (AvgIpc) is 2.71. The fourth-order valence-corrected chi connectivity index (χ4v) is 1.78. The Kier molecular flexibility index (Phi) is 1.04. The fraction of sp³-hybridized carbons (Fsp3) is 0.200. The third-order valence-electron chi connectivity index (χ3n) is 2.38. The predicted molar refractivity (Wildman–Crippen MR) is 47.5 cm³/mol. The molecule has 1 aromatic heterocycles. The Balaban J connectivity index is 2.46. The Bertz CT molecular complexity index is 430. The number of hydrogen-bond donors (Lipinski definition) is 1. The van der Waals surface area contributed by atoms with Crippen LogP contribution in [-0.4, -0.2) is 11.6 Å². The van der Waals surface area contributed by atoms with Gasteiger partial charge in [-0.25, -0.2) is 0 Å². The molecule has 2 aromatic rings. The van der Waals surface area contributed by atoms with Gasteiger partial charge in [0.1, 0.15) is 5.75 Å². The fourth-order valence-electron chi connectivity index (χ4n) is 1.78. The molecule has 3 rings (SSSR count). The molecule has 2 heteroatoms. The second-order valence-electron chi connectivity index (χ2n) is 3.09. The minimum atomic E-state index is 0.833. The van der Waals surface area contributed by atoms with Crippen molar-refractivity contribution in [2.75, 3.05) is 6.61 Å². The Morgan fingerprint density at radius 3 is 3.25 bits per heavy atom. The summed E-state index contributed by atoms with van der Waals surface area (Å²) in [5.41, 5.74) is 2.50. The Morgan fingerprint density at radius 2 is 2.25 bits per heavy atom. The standard InChI is InChI=1S/C10H9NO/c1-2-9-8(3-5-11-9)10-7(1)4-6-12-10/h1-3,5,11H,4,6H2. The van der Waals surface area contributed by atoms with Crippen molar-refractivity contribution in [1.82, 2.24) is 4.98 Å². The molecule has 1 aliphatic heterocycles. The van der Waals surface area contributed by atoms with Crippen molar-refractivity contribution in [2.24, 2.45) is 0 Å². The quantitative estimate of drug-likeness (QED) is 0.625. The lowest BCUT2D eigenvalue weighted by molar-refractivity contribution is 0.360. The van der Waals surface area contributed by atoms with Gasteiger partial charge in [0, 0.05) is 23.5 Å². The third kappa shape index (κ3) is 0.644. The second-order valence-corrected chi connectivity index (χ2v) is 3.09. The van der Waals surface area contributed by atoms with Crippen LogP contribution in [0.15, 0.2) is 24.4 Å². The molecule has 2 nitrogen and oxygen atoms in total. The molecule has 1 aliphatic rings. The topological polar surface area (TPSA) is 25.0 Å². The number of aromatic nitrogens is 1. The van der Waals surface area contributed by atoms with E-state index in [1.807, 2.05) is 6.20 Å². The number of ether oxygens (including phenoxy) is 1. The first-order chi connectivity index (χ1) is 5.95. The van der Waals surface area contributed by atoms with Crippen LogP contribution in [0.4, 0.5) is 0 Å². The van der Waals surface area contributed by atoms with Crippen LogP contribution in [0.3, 0.4) is 0 Å². The summed E-state index contributed by atoms with van der Waals surface area (Å²) in [6.07, 6.45) is 3.00. The molecule has 2 heterocycles. The molecule has 0 spiro atoms. The number of aromatic amines is 1. The highest BCUT2D eigenvalue weighted by Crippen LogP contribution is 2.33. The van der Waals surface area contributed by atoms with E-state index in [0.29, 0.717) is 0 Å². The van der Waals surface area contributed by atoms with Gasteiger partial charge in [0.2, 0.25) is 0 Å². The molecule has 0 amide bonds. The van der Waals surface area contributed by atoms with Gasteiger partial charge in [-0.2, -0.15) is 0 Å². The normalized spacial score (nSPS) is 14.7. The van der Waals surface area contributed by atoms with Gasteiger partial charge < -0.3 is 9.72 Å². The highest BCUT2D eigenvalue weighted by Gasteiger charge is 2.14. The lowest BCUT2D eigenvalue weighted by Gasteiger charge is -1.99. The van der Waals surface area contributed by atoms with Gasteiger partial charge in [0.15, 0.2) is 0 Å². The van der Waals surface area contributed by atoms with E-state index >= 15 is 0 Å². The van der Waals surface area contributed by atoms with E-state index in [9.17, 15) is 0 Å². The van der Waals surface area contributed by atoms with Crippen molar-refractivity contribution in [3.63, 3.8) is 0 Å². The van der Waals surface area contributed by atoms with Crippen molar-refractivity contribution in [3.8, 4) is 5.75 Å². The van der Waals surface area contributed by atoms with E-state index in [0.717, 1.165) is 24.3 Å². The predicted octanol–water partition coefficient (Wildman–Crippen LogP) is 2.10. The first-order valence-electron chi connectivity index (χ1n) is 4.17. The number of rotatable bonds is 0. The van der Waals surface area contributed by atoms with Gasteiger partial charge in [-0.1, -0.05) is 6.07 Å². The molecule has 60 valence electrons. The molecule has 0 aliphatic carbocycles. The van der Waals surface area contributed by atoms with Crippen LogP contribution >= 0.6 is 0 Å². The molecular weight excluding hydrogens is 150 g/mol. The molecule has 12 heavy (non-hydrogen) atoms. The first kappa shape index (κ1) is 6.12. The molecule has 0 radical (unpaired) electrons. The van der Waals surface area contributed by atoms with Crippen molar-refractivity contribution in [1.29, 1.82) is 0 Å². The summed E-state index contributed by atoms with van der Waals surface area (Å²) in [6, 6.07) is 6.32. The van der Waals surface area contributed by atoms with Crippen LogP contribution in [0.25, 0.3) is 10.9 Å². The SMILES string of the molecule is c1cc2c3c(ccc2[nH]1)CCO3. The summed E-state index contributed by atoms with van der Waals surface area (Å²) in [6.45, 7) is 0.833. The van der Waals surface area contributed by atoms with E-state index in [4.69, 9.17) is 4.74 Å². The van der Waals surface area contributed by atoms with Gasteiger partial charge in [0.05, 0.1) is 6.61 Å². The van der Waals surface area contributed by atoms with Crippen LogP contribution in [0.2, 0.25) is 0 Å². The third-order valence-corrected chi connectivity index (χ3v) is 2.38. The van der Waals surface area contributed by atoms with Crippen LogP contribution < -0.4 is 4.74 Å². The van der Waals surface area contributed by atoms with Crippen molar-refractivity contribution < 1.29 is 4.74 Å². The van der Waals surface area contributed by atoms with Crippen LogP contribution in [0.1, 0.15) is 5.56 Å². The smallest absolute Gasteiger partial charge is 0.131 e. The van der Waals surface area contributed by atoms with Crippen LogP contribution in [0.5, 0.6) is 5.75 Å². The summed E-state index contributed by atoms with van der Waals surface area (Å²) in [4.78, 5) is 3.17. The minimum absolute atomic E-state index is 0.833. The van der Waals surface area contributed by atoms with Gasteiger partial charge in [-0.15, -0.1) is 0 Å². The Labute approximate surface area is 70.2 Å². The molecule has 0 atom stereocenters. The lowest BCUT2D eigenvalue weighted by Crippen LogP contribution is -1.86. The molecule has 1 aromatic carbocycles. The molecular formula is C10H9NO. The first-order valence-corrected chi connectivity index (χ1v) is 4.17. The summed E-state index contributed by atoms with van der Waals surface area (Å²) in [5, 5.41) is 1.21. The van der Waals surface area contributed by atoms with E-state index in [-0.39, 0.29) is 0 Å². The van der Waals surface area contributed by atoms with Crippen molar-refractivity contribution >= 4 is 10.9 Å². The highest BCUT2D eigenvalue weighted by molar-refractivity contribution is 5.87. The van der Waals surface area contributed by atoms with E-state index < -0.39 is 0 Å². The Hall–Kier alpha value is -1.44. The zero-order valence-electron chi connectivity index (χ0n) is 6.63. The van der Waals surface area contributed by atoms with Gasteiger partial charge in [-0.05, 0) is 17.7 Å². The maximum absolute atomic E-state index is 5.55. The molecule has 1 N–H and O–H groups in total. The number of benzene rings is 1. The largest absolute Gasteiger partial charge is 0.492 e. The number of fused-ring (bicyclic) bond motifs is 3. The summed E-state index contributed by atoms with van der Waals surface area (Å²) in [5.74, 6) is 1.08. The van der Waals surface area contributed by atoms with E-state index in [1.165, 1.54) is 10.9 Å². The molecule has 0 unspecified atom stereocenters. The molecule has 0 bridgehead atoms. The molecule has 0 fully saturated rings. The molecule has 0 saturated carbocycles. The second kappa shape index (κ2) is 2.03. The van der Waals surface area contributed by atoms with Gasteiger partial charge in [-0.3, -0.25) is 0 Å². The van der Waals surface area contributed by atoms with Crippen LogP contribution in [-0.2, 0) is 6.42 Å². The van der Waals surface area contributed by atoms with Crippen LogP contribution in [0, 0.1) is 0 Å². The zero-order chi connectivity index (χ0) is 7.97. The minimum Gasteiger partial charge on any atom is -0.492 e. The highest BCUT2D eigenvalue weighted by atomic mass is 16.5. The number of nitrogens with one attached hydrogen (secondary N) is 1. The lowest BCUT2D eigenvalue weighted by atomic mass is 10.1. The van der Waals surface area contributed by atoms with Gasteiger partial charge in [0.25, 0.3) is 0 Å². The molecule has 0 saturated heterocycles. The average molecular weight is 159 g/mol.